The molecule has 0 atom stereocenters. The van der Waals surface area contributed by atoms with Crippen LogP contribution < -0.4 is 0 Å². The Hall–Kier alpha value is -1.37. The van der Waals surface area contributed by atoms with Crippen molar-refractivity contribution < 1.29 is 13.0 Å². The highest BCUT2D eigenvalue weighted by Gasteiger charge is 2.11. The normalized spacial score (nSPS) is 11.4. The Morgan fingerprint density at radius 2 is 1.89 bits per heavy atom. The van der Waals surface area contributed by atoms with Crippen LogP contribution in [-0.2, 0) is 10.1 Å². The molecule has 1 aromatic carbocycles. The lowest BCUT2D eigenvalue weighted by molar-refractivity contribution is 0.483. The van der Waals surface area contributed by atoms with Crippen molar-refractivity contribution in [2.75, 3.05) is 6.26 Å². The van der Waals surface area contributed by atoms with E-state index in [1.54, 1.807) is 17.8 Å². The largest absolute Gasteiger partial charge is 0.296 e. The topological polar surface area (TPSA) is 67.3 Å². The molecule has 0 bridgehead atoms. The van der Waals surface area contributed by atoms with Crippen molar-refractivity contribution in [3.8, 4) is 11.3 Å². The van der Waals surface area contributed by atoms with Gasteiger partial charge in [-0.25, -0.2) is 0 Å². The second kappa shape index (κ2) is 5.09. The van der Waals surface area contributed by atoms with Crippen LogP contribution in [0.3, 0.4) is 0 Å². The van der Waals surface area contributed by atoms with Crippen LogP contribution in [-0.4, -0.2) is 24.2 Å². The van der Waals surface area contributed by atoms with E-state index in [1.165, 1.54) is 6.07 Å². The first kappa shape index (κ1) is 13.1. The highest BCUT2D eigenvalue weighted by Crippen LogP contribution is 2.28. The predicted octanol–water partition coefficient (Wildman–Crippen LogP) is 2.72. The maximum absolute atomic E-state index is 10.9. The molecule has 2 rings (SSSR count). The minimum Gasteiger partial charge on any atom is -0.282 e. The molecule has 1 N–H and O–H groups in total. The Morgan fingerprint density at radius 3 is 2.44 bits per heavy atom. The van der Waals surface area contributed by atoms with E-state index in [0.717, 1.165) is 16.7 Å². The van der Waals surface area contributed by atoms with Crippen LogP contribution in [0, 0.1) is 0 Å². The quantitative estimate of drug-likeness (QED) is 0.692. The van der Waals surface area contributed by atoms with Crippen molar-refractivity contribution in [1.29, 1.82) is 0 Å². The SMILES string of the molecule is CSc1ccccc1-c1ccc(S(=O)(=O)O)cn1. The van der Waals surface area contributed by atoms with Gasteiger partial charge in [0, 0.05) is 16.7 Å². The summed E-state index contributed by atoms with van der Waals surface area (Å²) >= 11 is 1.59. The van der Waals surface area contributed by atoms with Crippen molar-refractivity contribution in [1.82, 2.24) is 4.98 Å². The van der Waals surface area contributed by atoms with Crippen LogP contribution in [0.25, 0.3) is 11.3 Å². The van der Waals surface area contributed by atoms with Gasteiger partial charge < -0.3 is 0 Å². The van der Waals surface area contributed by atoms with Crippen LogP contribution in [0.15, 0.2) is 52.4 Å². The van der Waals surface area contributed by atoms with E-state index in [4.69, 9.17) is 4.55 Å². The molecule has 0 radical (unpaired) electrons. The van der Waals surface area contributed by atoms with Gasteiger partial charge in [-0.2, -0.15) is 8.42 Å². The lowest BCUT2D eigenvalue weighted by atomic mass is 10.1. The maximum Gasteiger partial charge on any atom is 0.296 e. The third kappa shape index (κ3) is 2.72. The Morgan fingerprint density at radius 1 is 1.17 bits per heavy atom. The van der Waals surface area contributed by atoms with Crippen LogP contribution in [0.2, 0.25) is 0 Å². The van der Waals surface area contributed by atoms with Gasteiger partial charge in [-0.15, -0.1) is 11.8 Å². The molecule has 0 amide bonds. The minimum absolute atomic E-state index is 0.201. The maximum atomic E-state index is 10.9. The summed E-state index contributed by atoms with van der Waals surface area (Å²) < 4.78 is 30.7. The van der Waals surface area contributed by atoms with Crippen molar-refractivity contribution in [3.05, 3.63) is 42.6 Å². The molecule has 0 saturated carbocycles. The number of aromatic nitrogens is 1. The molecule has 94 valence electrons. The summed E-state index contributed by atoms with van der Waals surface area (Å²) in [7, 11) is -4.19. The summed E-state index contributed by atoms with van der Waals surface area (Å²) in [5.74, 6) is 0. The zero-order valence-electron chi connectivity index (χ0n) is 9.57. The summed E-state index contributed by atoms with van der Waals surface area (Å²) in [6.45, 7) is 0. The van der Waals surface area contributed by atoms with Crippen molar-refractivity contribution >= 4 is 21.9 Å². The zero-order chi connectivity index (χ0) is 13.2. The smallest absolute Gasteiger partial charge is 0.282 e. The van der Waals surface area contributed by atoms with Crippen LogP contribution in [0.1, 0.15) is 0 Å². The first-order valence-electron chi connectivity index (χ1n) is 5.09. The lowest BCUT2D eigenvalue weighted by Gasteiger charge is -2.06. The van der Waals surface area contributed by atoms with E-state index < -0.39 is 10.1 Å². The van der Waals surface area contributed by atoms with E-state index in [-0.39, 0.29) is 4.90 Å². The number of pyridine rings is 1. The molecule has 0 aliphatic carbocycles. The summed E-state index contributed by atoms with van der Waals surface area (Å²) in [6.07, 6.45) is 3.12. The van der Waals surface area contributed by atoms with Gasteiger partial charge in [0.15, 0.2) is 0 Å². The van der Waals surface area contributed by atoms with Gasteiger partial charge in [-0.05, 0) is 24.5 Å². The average Bonchev–Trinajstić information content (AvgIpc) is 2.38. The molecule has 0 spiro atoms. The van der Waals surface area contributed by atoms with Crippen molar-refractivity contribution in [2.45, 2.75) is 9.79 Å². The first-order chi connectivity index (χ1) is 8.52. The molecule has 0 saturated heterocycles. The zero-order valence-corrected chi connectivity index (χ0v) is 11.2. The Balaban J connectivity index is 2.47. The van der Waals surface area contributed by atoms with Gasteiger partial charge in [0.05, 0.1) is 5.69 Å². The third-order valence-electron chi connectivity index (χ3n) is 2.42. The molecule has 0 aliphatic rings. The van der Waals surface area contributed by atoms with Crippen LogP contribution in [0.4, 0.5) is 0 Å². The molecule has 18 heavy (non-hydrogen) atoms. The Labute approximate surface area is 110 Å². The fourth-order valence-electron chi connectivity index (χ4n) is 1.55. The average molecular weight is 281 g/mol. The van der Waals surface area contributed by atoms with Gasteiger partial charge >= 0.3 is 0 Å². The van der Waals surface area contributed by atoms with E-state index in [1.807, 2.05) is 30.5 Å². The molecule has 0 fully saturated rings. The first-order valence-corrected chi connectivity index (χ1v) is 7.76. The van der Waals surface area contributed by atoms with E-state index in [2.05, 4.69) is 4.98 Å². The lowest BCUT2D eigenvalue weighted by Crippen LogP contribution is -1.98. The van der Waals surface area contributed by atoms with Crippen molar-refractivity contribution in [3.63, 3.8) is 0 Å². The Bertz CT molecular complexity index is 651. The fourth-order valence-corrected chi connectivity index (χ4v) is 2.58. The molecular formula is C12H11NO3S2. The Kier molecular flexibility index (Phi) is 3.70. The highest BCUT2D eigenvalue weighted by atomic mass is 32.2. The number of hydrogen-bond acceptors (Lipinski definition) is 4. The number of thioether (sulfide) groups is 1. The highest BCUT2D eigenvalue weighted by molar-refractivity contribution is 7.98. The van der Waals surface area contributed by atoms with Crippen LogP contribution in [0.5, 0.6) is 0 Å². The second-order valence-electron chi connectivity index (χ2n) is 3.55. The van der Waals surface area contributed by atoms with Crippen molar-refractivity contribution in [2.24, 2.45) is 0 Å². The van der Waals surface area contributed by atoms with Gasteiger partial charge in [0.1, 0.15) is 4.90 Å². The third-order valence-corrected chi connectivity index (χ3v) is 4.05. The number of hydrogen-bond donors (Lipinski definition) is 1. The molecule has 1 heterocycles. The van der Waals surface area contributed by atoms with Crippen LogP contribution >= 0.6 is 11.8 Å². The molecule has 6 heteroatoms. The predicted molar refractivity (Wildman–Crippen MR) is 71.3 cm³/mol. The number of rotatable bonds is 3. The van der Waals surface area contributed by atoms with E-state index >= 15 is 0 Å². The second-order valence-corrected chi connectivity index (χ2v) is 5.82. The number of benzene rings is 1. The molecular weight excluding hydrogens is 270 g/mol. The summed E-state index contributed by atoms with van der Waals surface area (Å²) in [6, 6.07) is 10.6. The van der Waals surface area contributed by atoms with Gasteiger partial charge in [0.2, 0.25) is 0 Å². The van der Waals surface area contributed by atoms with E-state index in [9.17, 15) is 8.42 Å². The molecule has 1 aromatic heterocycles. The molecule has 4 nitrogen and oxygen atoms in total. The molecule has 2 aromatic rings. The fraction of sp³-hybridized carbons (Fsp3) is 0.0833. The van der Waals surface area contributed by atoms with E-state index in [0.29, 0.717) is 5.69 Å². The summed E-state index contributed by atoms with van der Waals surface area (Å²) in [5, 5.41) is 0. The van der Waals surface area contributed by atoms with Gasteiger partial charge in [0.25, 0.3) is 10.1 Å². The summed E-state index contributed by atoms with van der Waals surface area (Å²) in [4.78, 5) is 4.93. The molecule has 0 unspecified atom stereocenters. The van der Waals surface area contributed by atoms with Gasteiger partial charge in [-0.3, -0.25) is 9.54 Å². The monoisotopic (exact) mass is 281 g/mol. The summed E-state index contributed by atoms with van der Waals surface area (Å²) in [5.41, 5.74) is 1.61. The minimum atomic E-state index is -4.19. The number of nitrogens with zero attached hydrogens (tertiary/aromatic N) is 1. The molecule has 0 aliphatic heterocycles. The standard InChI is InChI=1S/C12H11NO3S2/c1-17-12-5-3-2-4-10(12)11-7-6-9(8-13-11)18(14,15)16/h2-8H,1H3,(H,14,15,16). The van der Waals surface area contributed by atoms with Gasteiger partial charge in [-0.1, -0.05) is 18.2 Å².